The number of halogens is 2. The van der Waals surface area contributed by atoms with Crippen LogP contribution >= 0.6 is 23.2 Å². The summed E-state index contributed by atoms with van der Waals surface area (Å²) in [6.07, 6.45) is 1.51. The molecule has 0 heterocycles. The fourth-order valence-corrected chi connectivity index (χ4v) is 3.36. The van der Waals surface area contributed by atoms with Crippen LogP contribution in [0, 0.1) is 5.92 Å². The highest BCUT2D eigenvalue weighted by atomic mass is 35.5. The molecule has 1 atom stereocenters. The van der Waals surface area contributed by atoms with E-state index in [1.807, 2.05) is 6.92 Å². The molecule has 7 nitrogen and oxygen atoms in total. The Labute approximate surface area is 188 Å². The van der Waals surface area contributed by atoms with Crippen LogP contribution in [0.3, 0.4) is 0 Å². The number of carbonyl (C=O) groups excluding carboxylic acids is 2. The maximum atomic E-state index is 13.1. The van der Waals surface area contributed by atoms with Crippen LogP contribution in [0.15, 0.2) is 18.2 Å². The first kappa shape index (κ1) is 26.7. The molecule has 0 aliphatic heterocycles. The number of Topliss-reactive ketones (excluding diaryl/α,β-unsaturated/α-hetero) is 1. The second-order valence-corrected chi connectivity index (χ2v) is 10.4. The standard InChI is InChI=1S/C20H29Cl2NO6S/c1-6-7-15(18(24)14-8-9-16(21)17(22)12-14)13-23(10-11-28-30(5,26)27)19(25)29-20(2,3)4/h8-9,12,15H,6-7,10-11,13H2,1-5H3/t15-/m0/s1. The van der Waals surface area contributed by atoms with Gasteiger partial charge in [-0.1, -0.05) is 36.5 Å². The molecule has 30 heavy (non-hydrogen) atoms. The summed E-state index contributed by atoms with van der Waals surface area (Å²) in [4.78, 5) is 27.0. The Morgan fingerprint density at radius 2 is 1.80 bits per heavy atom. The predicted molar refractivity (Wildman–Crippen MR) is 118 cm³/mol. The minimum atomic E-state index is -3.66. The highest BCUT2D eigenvalue weighted by molar-refractivity contribution is 7.85. The molecule has 0 fully saturated rings. The molecule has 0 aliphatic rings. The molecular weight excluding hydrogens is 453 g/mol. The zero-order valence-corrected chi connectivity index (χ0v) is 20.2. The van der Waals surface area contributed by atoms with Gasteiger partial charge in [0.2, 0.25) is 0 Å². The van der Waals surface area contributed by atoms with Crippen LogP contribution in [0.25, 0.3) is 0 Å². The lowest BCUT2D eigenvalue weighted by atomic mass is 9.93. The Morgan fingerprint density at radius 3 is 2.30 bits per heavy atom. The molecule has 1 amide bonds. The fraction of sp³-hybridized carbons (Fsp3) is 0.600. The number of ketones is 1. The highest BCUT2D eigenvalue weighted by Gasteiger charge is 2.28. The zero-order valence-electron chi connectivity index (χ0n) is 17.9. The lowest BCUT2D eigenvalue weighted by Crippen LogP contribution is -2.43. The largest absolute Gasteiger partial charge is 0.444 e. The summed E-state index contributed by atoms with van der Waals surface area (Å²) in [5.74, 6) is -0.717. The molecule has 0 unspecified atom stereocenters. The summed E-state index contributed by atoms with van der Waals surface area (Å²) < 4.78 is 32.7. The molecule has 10 heteroatoms. The van der Waals surface area contributed by atoms with E-state index in [9.17, 15) is 18.0 Å². The SMILES string of the molecule is CCC[C@@H](CN(CCOS(C)(=O)=O)C(=O)OC(C)(C)C)C(=O)c1ccc(Cl)c(Cl)c1. The van der Waals surface area contributed by atoms with Gasteiger partial charge in [0.25, 0.3) is 10.1 Å². The van der Waals surface area contributed by atoms with E-state index in [1.165, 1.54) is 11.0 Å². The molecule has 0 radical (unpaired) electrons. The van der Waals surface area contributed by atoms with E-state index >= 15 is 0 Å². The molecule has 0 aromatic heterocycles. The number of benzene rings is 1. The smallest absolute Gasteiger partial charge is 0.410 e. The molecule has 170 valence electrons. The van der Waals surface area contributed by atoms with E-state index in [-0.39, 0.29) is 30.5 Å². The van der Waals surface area contributed by atoms with Gasteiger partial charge in [0.1, 0.15) is 5.60 Å². The molecule has 0 saturated heterocycles. The van der Waals surface area contributed by atoms with E-state index in [1.54, 1.807) is 32.9 Å². The van der Waals surface area contributed by atoms with Crippen molar-refractivity contribution in [3.8, 4) is 0 Å². The van der Waals surface area contributed by atoms with Crippen LogP contribution in [0.4, 0.5) is 4.79 Å². The van der Waals surface area contributed by atoms with Gasteiger partial charge in [-0.3, -0.25) is 8.98 Å². The van der Waals surface area contributed by atoms with E-state index in [2.05, 4.69) is 0 Å². The van der Waals surface area contributed by atoms with Crippen molar-refractivity contribution in [1.29, 1.82) is 0 Å². The molecule has 1 rings (SSSR count). The number of hydrogen-bond acceptors (Lipinski definition) is 6. The van der Waals surface area contributed by atoms with Crippen LogP contribution in [-0.2, 0) is 19.0 Å². The molecule has 1 aromatic rings. The van der Waals surface area contributed by atoms with E-state index in [0.717, 1.165) is 6.26 Å². The van der Waals surface area contributed by atoms with E-state index < -0.39 is 27.7 Å². The van der Waals surface area contributed by atoms with Gasteiger partial charge in [-0.15, -0.1) is 0 Å². The highest BCUT2D eigenvalue weighted by Crippen LogP contribution is 2.25. The average molecular weight is 482 g/mol. The molecule has 0 saturated carbocycles. The number of ether oxygens (including phenoxy) is 1. The Bertz CT molecular complexity index is 851. The van der Waals surface area contributed by atoms with E-state index in [0.29, 0.717) is 23.4 Å². The van der Waals surface area contributed by atoms with Crippen molar-refractivity contribution in [2.45, 2.75) is 46.1 Å². The molecule has 0 aliphatic carbocycles. The Kier molecular flexibility index (Phi) is 10.1. The van der Waals surface area contributed by atoms with Crippen LogP contribution in [-0.4, -0.2) is 56.7 Å². The van der Waals surface area contributed by atoms with Crippen molar-refractivity contribution in [2.24, 2.45) is 5.92 Å². The molecule has 0 N–H and O–H groups in total. The first-order valence-electron chi connectivity index (χ1n) is 9.55. The lowest BCUT2D eigenvalue weighted by molar-refractivity contribution is 0.0196. The third-order valence-electron chi connectivity index (χ3n) is 3.96. The first-order chi connectivity index (χ1) is 13.7. The van der Waals surface area contributed by atoms with Crippen molar-refractivity contribution in [2.75, 3.05) is 26.0 Å². The average Bonchev–Trinajstić information content (AvgIpc) is 2.59. The second kappa shape index (κ2) is 11.3. The molecule has 0 spiro atoms. The van der Waals surface area contributed by atoms with Gasteiger partial charge in [-0.25, -0.2) is 4.79 Å². The summed E-state index contributed by atoms with van der Waals surface area (Å²) in [5, 5.41) is 0.608. The van der Waals surface area contributed by atoms with Crippen molar-refractivity contribution in [3.63, 3.8) is 0 Å². The number of rotatable bonds is 10. The van der Waals surface area contributed by atoms with Gasteiger partial charge in [0.15, 0.2) is 5.78 Å². The maximum absolute atomic E-state index is 13.1. The zero-order chi connectivity index (χ0) is 23.1. The number of carbonyl (C=O) groups is 2. The summed E-state index contributed by atoms with van der Waals surface area (Å²) in [7, 11) is -3.66. The topological polar surface area (TPSA) is 90.0 Å². The van der Waals surface area contributed by atoms with Crippen molar-refractivity contribution < 1.29 is 26.9 Å². The number of hydrogen-bond donors (Lipinski definition) is 0. The van der Waals surface area contributed by atoms with Crippen LogP contribution < -0.4 is 0 Å². The molecule has 0 bridgehead atoms. The van der Waals surface area contributed by atoms with Crippen LogP contribution in [0.2, 0.25) is 10.0 Å². The molecular formula is C20H29Cl2NO6S. The second-order valence-electron chi connectivity index (χ2n) is 7.93. The summed E-state index contributed by atoms with van der Waals surface area (Å²) in [5.41, 5.74) is -0.361. The summed E-state index contributed by atoms with van der Waals surface area (Å²) in [6, 6.07) is 4.63. The van der Waals surface area contributed by atoms with Gasteiger partial charge < -0.3 is 9.64 Å². The number of amides is 1. The third kappa shape index (κ3) is 9.64. The van der Waals surface area contributed by atoms with Gasteiger partial charge in [-0.05, 0) is 45.4 Å². The Hall–Kier alpha value is -1.35. The van der Waals surface area contributed by atoms with Gasteiger partial charge in [0.05, 0.1) is 22.9 Å². The van der Waals surface area contributed by atoms with Gasteiger partial charge >= 0.3 is 6.09 Å². The minimum Gasteiger partial charge on any atom is -0.444 e. The normalized spacial score (nSPS) is 13.0. The maximum Gasteiger partial charge on any atom is 0.410 e. The fourth-order valence-electron chi connectivity index (χ4n) is 2.69. The van der Waals surface area contributed by atoms with Gasteiger partial charge in [0, 0.05) is 24.6 Å². The van der Waals surface area contributed by atoms with Crippen molar-refractivity contribution >= 4 is 45.2 Å². The lowest BCUT2D eigenvalue weighted by Gasteiger charge is -2.30. The minimum absolute atomic E-state index is 0.0448. The number of nitrogens with zero attached hydrogens (tertiary/aromatic N) is 1. The monoisotopic (exact) mass is 481 g/mol. The predicted octanol–water partition coefficient (Wildman–Crippen LogP) is 4.81. The Balaban J connectivity index is 3.07. The first-order valence-corrected chi connectivity index (χ1v) is 12.1. The summed E-state index contributed by atoms with van der Waals surface area (Å²) in [6.45, 7) is 6.87. The van der Waals surface area contributed by atoms with E-state index in [4.69, 9.17) is 32.1 Å². The van der Waals surface area contributed by atoms with Crippen molar-refractivity contribution in [1.82, 2.24) is 4.90 Å². The third-order valence-corrected chi connectivity index (χ3v) is 5.30. The summed E-state index contributed by atoms with van der Waals surface area (Å²) >= 11 is 12.0. The quantitative estimate of drug-likeness (QED) is 0.351. The molecule has 1 aromatic carbocycles. The van der Waals surface area contributed by atoms with Gasteiger partial charge in [-0.2, -0.15) is 8.42 Å². The van der Waals surface area contributed by atoms with Crippen LogP contribution in [0.5, 0.6) is 0 Å². The van der Waals surface area contributed by atoms with Crippen LogP contribution in [0.1, 0.15) is 50.9 Å². The van der Waals surface area contributed by atoms with Crippen molar-refractivity contribution in [3.05, 3.63) is 33.8 Å². The Morgan fingerprint density at radius 1 is 1.17 bits per heavy atom.